The molecule has 5 rings (SSSR count). The molecule has 3 aromatic carbocycles. The molecule has 1 aliphatic heterocycles. The lowest BCUT2D eigenvalue weighted by atomic mass is 9.97. The van der Waals surface area contributed by atoms with Crippen molar-refractivity contribution in [2.75, 3.05) is 19.1 Å². The summed E-state index contributed by atoms with van der Waals surface area (Å²) in [5, 5.41) is 1.20. The highest BCUT2D eigenvalue weighted by atomic mass is 35.5. The highest BCUT2D eigenvalue weighted by Crippen LogP contribution is 2.44. The summed E-state index contributed by atoms with van der Waals surface area (Å²) >= 11 is 12.5. The van der Waals surface area contributed by atoms with Crippen LogP contribution in [0.3, 0.4) is 0 Å². The van der Waals surface area contributed by atoms with Crippen LogP contribution in [-0.2, 0) is 0 Å². The molecule has 0 N–H and O–H groups in total. The smallest absolute Gasteiger partial charge is 0.295 e. The molecular weight excluding hydrogens is 477 g/mol. The molecule has 0 bridgehead atoms. The molecule has 0 saturated carbocycles. The van der Waals surface area contributed by atoms with E-state index in [0.29, 0.717) is 38.2 Å². The number of carbonyl (C=O) groups is 1. The van der Waals surface area contributed by atoms with E-state index in [2.05, 4.69) is 0 Å². The Morgan fingerprint density at radius 1 is 0.912 bits per heavy atom. The third-order valence-electron chi connectivity index (χ3n) is 5.99. The number of hydrogen-bond donors (Lipinski definition) is 0. The maximum Gasteiger partial charge on any atom is 0.295 e. The summed E-state index contributed by atoms with van der Waals surface area (Å²) in [7, 11) is 3.06. The number of amides is 1. The molecule has 1 aliphatic rings. The molecule has 172 valence electrons. The molecule has 1 aromatic heterocycles. The number of anilines is 1. The van der Waals surface area contributed by atoms with Crippen LogP contribution in [0.5, 0.6) is 11.5 Å². The van der Waals surface area contributed by atoms with Gasteiger partial charge < -0.3 is 13.9 Å². The summed E-state index contributed by atoms with van der Waals surface area (Å²) in [6.07, 6.45) is 0. The number of rotatable bonds is 4. The SMILES string of the molecule is COc1ccc(C2c3c(oc4ccc(Cl)cc4c3=O)C(=O)N2c2ccc(C)c(Cl)c2)cc1OC. The predicted octanol–water partition coefficient (Wildman–Crippen LogP) is 6.18. The predicted molar refractivity (Wildman–Crippen MR) is 132 cm³/mol. The number of nitrogens with zero attached hydrogens (tertiary/aromatic N) is 1. The van der Waals surface area contributed by atoms with Gasteiger partial charge in [0.05, 0.1) is 31.2 Å². The quantitative estimate of drug-likeness (QED) is 0.338. The fourth-order valence-electron chi connectivity index (χ4n) is 4.28. The van der Waals surface area contributed by atoms with Crippen LogP contribution >= 0.6 is 23.2 Å². The van der Waals surface area contributed by atoms with E-state index in [1.54, 1.807) is 48.5 Å². The highest BCUT2D eigenvalue weighted by Gasteiger charge is 2.44. The lowest BCUT2D eigenvalue weighted by Gasteiger charge is -2.26. The van der Waals surface area contributed by atoms with Gasteiger partial charge in [0.25, 0.3) is 5.91 Å². The molecule has 0 fully saturated rings. The second kappa shape index (κ2) is 8.38. The van der Waals surface area contributed by atoms with Crippen molar-refractivity contribution in [1.29, 1.82) is 0 Å². The second-order valence-corrected chi connectivity index (χ2v) is 8.78. The number of aryl methyl sites for hydroxylation is 1. The number of methoxy groups -OCH3 is 2. The van der Waals surface area contributed by atoms with Crippen molar-refractivity contribution in [3.8, 4) is 11.5 Å². The molecule has 0 saturated heterocycles. The Morgan fingerprint density at radius 2 is 1.68 bits per heavy atom. The molecule has 34 heavy (non-hydrogen) atoms. The average Bonchev–Trinajstić information content (AvgIpc) is 3.13. The molecular formula is C26H19Cl2NO5. The van der Waals surface area contributed by atoms with E-state index < -0.39 is 11.9 Å². The summed E-state index contributed by atoms with van der Waals surface area (Å²) in [5.74, 6) is 0.536. The van der Waals surface area contributed by atoms with Crippen LogP contribution in [0.1, 0.15) is 33.3 Å². The number of hydrogen-bond acceptors (Lipinski definition) is 5. The van der Waals surface area contributed by atoms with Crippen LogP contribution in [0, 0.1) is 6.92 Å². The van der Waals surface area contributed by atoms with Gasteiger partial charge in [0.2, 0.25) is 5.76 Å². The van der Waals surface area contributed by atoms with E-state index in [4.69, 9.17) is 37.1 Å². The minimum absolute atomic E-state index is 0.0173. The summed E-state index contributed by atoms with van der Waals surface area (Å²) in [4.78, 5) is 28.9. The second-order valence-electron chi connectivity index (χ2n) is 7.94. The molecule has 1 amide bonds. The van der Waals surface area contributed by atoms with E-state index in [9.17, 15) is 9.59 Å². The van der Waals surface area contributed by atoms with Gasteiger partial charge in [-0.15, -0.1) is 0 Å². The van der Waals surface area contributed by atoms with Crippen LogP contribution in [-0.4, -0.2) is 20.1 Å². The number of carbonyl (C=O) groups excluding carboxylic acids is 1. The molecule has 0 aliphatic carbocycles. The van der Waals surface area contributed by atoms with E-state index in [0.717, 1.165) is 5.56 Å². The molecule has 2 heterocycles. The largest absolute Gasteiger partial charge is 0.493 e. The Kier molecular flexibility index (Phi) is 5.50. The first-order valence-electron chi connectivity index (χ1n) is 10.4. The minimum Gasteiger partial charge on any atom is -0.493 e. The normalized spacial score (nSPS) is 15.0. The molecule has 1 unspecified atom stereocenters. The van der Waals surface area contributed by atoms with Gasteiger partial charge in [-0.2, -0.15) is 0 Å². The van der Waals surface area contributed by atoms with Crippen molar-refractivity contribution >= 4 is 45.8 Å². The van der Waals surface area contributed by atoms with E-state index in [1.807, 2.05) is 13.0 Å². The minimum atomic E-state index is -0.777. The summed E-state index contributed by atoms with van der Waals surface area (Å²) in [5.41, 5.74) is 2.24. The first kappa shape index (κ1) is 22.3. The third-order valence-corrected chi connectivity index (χ3v) is 6.63. The monoisotopic (exact) mass is 495 g/mol. The van der Waals surface area contributed by atoms with Gasteiger partial charge >= 0.3 is 0 Å². The Bertz CT molecular complexity index is 1530. The lowest BCUT2D eigenvalue weighted by molar-refractivity contribution is 0.0971. The first-order valence-corrected chi connectivity index (χ1v) is 11.2. The zero-order chi connectivity index (χ0) is 24.1. The number of fused-ring (bicyclic) bond motifs is 2. The fourth-order valence-corrected chi connectivity index (χ4v) is 4.63. The topological polar surface area (TPSA) is 69.0 Å². The fraction of sp³-hybridized carbons (Fsp3) is 0.154. The number of ether oxygens (including phenoxy) is 2. The molecule has 1 atom stereocenters. The van der Waals surface area contributed by atoms with Crippen molar-refractivity contribution in [2.24, 2.45) is 0 Å². The maximum absolute atomic E-state index is 13.7. The van der Waals surface area contributed by atoms with E-state index in [-0.39, 0.29) is 22.3 Å². The first-order chi connectivity index (χ1) is 16.3. The van der Waals surface area contributed by atoms with Gasteiger partial charge in [0.15, 0.2) is 16.9 Å². The van der Waals surface area contributed by atoms with Crippen molar-refractivity contribution in [2.45, 2.75) is 13.0 Å². The van der Waals surface area contributed by atoms with Gasteiger partial charge in [-0.05, 0) is 60.5 Å². The zero-order valence-corrected chi connectivity index (χ0v) is 20.0. The van der Waals surface area contributed by atoms with Crippen LogP contribution in [0.25, 0.3) is 11.0 Å². The Labute approximate surface area is 205 Å². The van der Waals surface area contributed by atoms with Gasteiger partial charge in [0, 0.05) is 15.7 Å². The van der Waals surface area contributed by atoms with Gasteiger partial charge in [0.1, 0.15) is 5.58 Å². The van der Waals surface area contributed by atoms with Crippen molar-refractivity contribution in [1.82, 2.24) is 0 Å². The Hall–Kier alpha value is -3.48. The lowest BCUT2D eigenvalue weighted by Crippen LogP contribution is -2.29. The van der Waals surface area contributed by atoms with Crippen LogP contribution in [0.2, 0.25) is 10.0 Å². The van der Waals surface area contributed by atoms with Crippen LogP contribution in [0.15, 0.2) is 63.8 Å². The summed E-state index contributed by atoms with van der Waals surface area (Å²) in [6.45, 7) is 1.88. The molecule has 8 heteroatoms. The average molecular weight is 496 g/mol. The van der Waals surface area contributed by atoms with Crippen molar-refractivity contribution < 1.29 is 18.7 Å². The third kappa shape index (κ3) is 3.42. The zero-order valence-electron chi connectivity index (χ0n) is 18.5. The number of benzene rings is 3. The molecule has 6 nitrogen and oxygen atoms in total. The van der Waals surface area contributed by atoms with Gasteiger partial charge in [-0.1, -0.05) is 35.3 Å². The van der Waals surface area contributed by atoms with Crippen molar-refractivity contribution in [3.05, 3.63) is 97.3 Å². The molecule has 4 aromatic rings. The van der Waals surface area contributed by atoms with E-state index in [1.165, 1.54) is 19.1 Å². The molecule has 0 radical (unpaired) electrons. The van der Waals surface area contributed by atoms with Crippen LogP contribution in [0.4, 0.5) is 5.69 Å². The van der Waals surface area contributed by atoms with Crippen molar-refractivity contribution in [3.63, 3.8) is 0 Å². The standard InChI is InChI=1S/C26H19Cl2NO5/c1-13-4-7-16(12-18(13)28)29-23(14-5-8-20(32-2)21(10-14)33-3)22-24(30)17-11-15(27)6-9-19(17)34-25(22)26(29)31/h4-12,23H,1-3H3. The summed E-state index contributed by atoms with van der Waals surface area (Å²) < 4.78 is 16.8. The van der Waals surface area contributed by atoms with E-state index >= 15 is 0 Å². The van der Waals surface area contributed by atoms with Gasteiger partial charge in [-0.3, -0.25) is 14.5 Å². The van der Waals surface area contributed by atoms with Gasteiger partial charge in [-0.25, -0.2) is 0 Å². The Balaban J connectivity index is 1.82. The number of halogens is 2. The molecule has 0 spiro atoms. The summed E-state index contributed by atoms with van der Waals surface area (Å²) in [6, 6.07) is 14.6. The maximum atomic E-state index is 13.7. The van der Waals surface area contributed by atoms with Crippen LogP contribution < -0.4 is 19.8 Å². The Morgan fingerprint density at radius 3 is 2.38 bits per heavy atom. The highest BCUT2D eigenvalue weighted by molar-refractivity contribution is 6.32.